The number of aliphatic imine (C=N–C) groups is 2. The van der Waals surface area contributed by atoms with Crippen molar-refractivity contribution in [2.24, 2.45) is 9.98 Å². The molecule has 0 saturated carbocycles. The molecule has 0 amide bonds. The quantitative estimate of drug-likeness (QED) is 0.525. The average molecular weight is 469 g/mol. The highest BCUT2D eigenvalue weighted by molar-refractivity contribution is 9.11. The summed E-state index contributed by atoms with van der Waals surface area (Å²) in [5.41, 5.74) is 3.10. The van der Waals surface area contributed by atoms with Crippen LogP contribution >= 0.6 is 31.9 Å². The molecular formula is C21H15Br2N3. The fourth-order valence-electron chi connectivity index (χ4n) is 2.81. The maximum atomic E-state index is 4.86. The summed E-state index contributed by atoms with van der Waals surface area (Å²) in [7, 11) is 0. The number of nitrogens with one attached hydrogen (secondary N) is 1. The molecule has 26 heavy (non-hydrogen) atoms. The summed E-state index contributed by atoms with van der Waals surface area (Å²) in [6.07, 6.45) is -0.310. The third-order valence-corrected chi connectivity index (χ3v) is 4.93. The first kappa shape index (κ1) is 17.2. The van der Waals surface area contributed by atoms with Crippen molar-refractivity contribution in [3.63, 3.8) is 0 Å². The van der Waals surface area contributed by atoms with Crippen LogP contribution in [0.15, 0.2) is 97.8 Å². The Morgan fingerprint density at radius 2 is 1.12 bits per heavy atom. The molecule has 0 saturated heterocycles. The van der Waals surface area contributed by atoms with Crippen molar-refractivity contribution in [1.82, 2.24) is 5.32 Å². The highest BCUT2D eigenvalue weighted by Gasteiger charge is 2.20. The Kier molecular flexibility index (Phi) is 5.00. The number of hydrogen-bond donors (Lipinski definition) is 1. The zero-order valence-corrected chi connectivity index (χ0v) is 16.9. The van der Waals surface area contributed by atoms with Crippen LogP contribution in [0.25, 0.3) is 0 Å². The summed E-state index contributed by atoms with van der Waals surface area (Å²) in [5, 5.41) is 3.39. The molecule has 0 unspecified atom stereocenters. The van der Waals surface area contributed by atoms with Gasteiger partial charge in [0.2, 0.25) is 0 Å². The van der Waals surface area contributed by atoms with Crippen molar-refractivity contribution in [2.45, 2.75) is 6.17 Å². The maximum Gasteiger partial charge on any atom is 0.169 e. The molecule has 3 aromatic carbocycles. The van der Waals surface area contributed by atoms with Crippen LogP contribution < -0.4 is 5.32 Å². The van der Waals surface area contributed by atoms with E-state index in [1.165, 1.54) is 0 Å². The van der Waals surface area contributed by atoms with Crippen molar-refractivity contribution >= 4 is 43.5 Å². The van der Waals surface area contributed by atoms with Gasteiger partial charge in [-0.15, -0.1) is 0 Å². The van der Waals surface area contributed by atoms with Crippen molar-refractivity contribution < 1.29 is 0 Å². The second kappa shape index (κ2) is 7.56. The average Bonchev–Trinajstić information content (AvgIpc) is 2.68. The van der Waals surface area contributed by atoms with Gasteiger partial charge in [0.25, 0.3) is 0 Å². The molecule has 0 atom stereocenters. The van der Waals surface area contributed by atoms with E-state index in [0.29, 0.717) is 0 Å². The molecule has 0 spiro atoms. The Balaban J connectivity index is 1.81. The SMILES string of the molecule is Brc1cc(Br)cc(C2N=C(c3ccccc3)NC(c3ccccc3)=N2)c1. The minimum atomic E-state index is -0.310. The number of hydrogen-bond acceptors (Lipinski definition) is 3. The highest BCUT2D eigenvalue weighted by atomic mass is 79.9. The fourth-order valence-corrected chi connectivity index (χ4v) is 4.14. The summed E-state index contributed by atoms with van der Waals surface area (Å²) in [6, 6.07) is 26.4. The number of halogens is 2. The van der Waals surface area contributed by atoms with Gasteiger partial charge in [-0.3, -0.25) is 0 Å². The van der Waals surface area contributed by atoms with Gasteiger partial charge in [0, 0.05) is 25.6 Å². The van der Waals surface area contributed by atoms with Crippen LogP contribution in [0.4, 0.5) is 0 Å². The van der Waals surface area contributed by atoms with E-state index in [4.69, 9.17) is 9.98 Å². The van der Waals surface area contributed by atoms with Gasteiger partial charge >= 0.3 is 0 Å². The third-order valence-electron chi connectivity index (χ3n) is 4.02. The summed E-state index contributed by atoms with van der Waals surface area (Å²) in [4.78, 5) is 9.71. The van der Waals surface area contributed by atoms with Gasteiger partial charge in [0.15, 0.2) is 6.17 Å². The zero-order chi connectivity index (χ0) is 17.9. The van der Waals surface area contributed by atoms with Gasteiger partial charge in [-0.25, -0.2) is 9.98 Å². The lowest BCUT2D eigenvalue weighted by molar-refractivity contribution is 0.754. The predicted octanol–water partition coefficient (Wildman–Crippen LogP) is 5.71. The molecular weight excluding hydrogens is 454 g/mol. The van der Waals surface area contributed by atoms with Gasteiger partial charge in [-0.1, -0.05) is 92.5 Å². The fraction of sp³-hybridized carbons (Fsp3) is 0.0476. The van der Waals surface area contributed by atoms with E-state index < -0.39 is 0 Å². The first-order chi connectivity index (χ1) is 12.7. The summed E-state index contributed by atoms with van der Waals surface area (Å²) in [6.45, 7) is 0. The molecule has 0 bridgehead atoms. The molecule has 3 nitrogen and oxygen atoms in total. The van der Waals surface area contributed by atoms with E-state index in [0.717, 1.165) is 37.3 Å². The number of amidine groups is 2. The predicted molar refractivity (Wildman–Crippen MR) is 114 cm³/mol. The molecule has 0 aliphatic carbocycles. The third kappa shape index (κ3) is 3.79. The van der Waals surface area contributed by atoms with E-state index in [-0.39, 0.29) is 6.17 Å². The van der Waals surface area contributed by atoms with Crippen molar-refractivity contribution in [1.29, 1.82) is 0 Å². The van der Waals surface area contributed by atoms with E-state index >= 15 is 0 Å². The molecule has 1 N–H and O–H groups in total. The Bertz CT molecular complexity index is 907. The Hall–Kier alpha value is -2.24. The van der Waals surface area contributed by atoms with E-state index in [9.17, 15) is 0 Å². The molecule has 0 radical (unpaired) electrons. The van der Waals surface area contributed by atoms with Gasteiger partial charge in [-0.05, 0) is 18.2 Å². The normalized spacial score (nSPS) is 14.4. The molecule has 0 aromatic heterocycles. The Labute approximate surface area is 169 Å². The van der Waals surface area contributed by atoms with Gasteiger partial charge < -0.3 is 5.32 Å². The van der Waals surface area contributed by atoms with Gasteiger partial charge in [0.05, 0.1) is 0 Å². The van der Waals surface area contributed by atoms with Crippen molar-refractivity contribution in [3.8, 4) is 0 Å². The zero-order valence-electron chi connectivity index (χ0n) is 13.7. The Morgan fingerprint density at radius 3 is 1.58 bits per heavy atom. The molecule has 1 aliphatic heterocycles. The van der Waals surface area contributed by atoms with Gasteiger partial charge in [-0.2, -0.15) is 0 Å². The van der Waals surface area contributed by atoms with Crippen LogP contribution in [0.2, 0.25) is 0 Å². The highest BCUT2D eigenvalue weighted by Crippen LogP contribution is 2.29. The van der Waals surface area contributed by atoms with Crippen LogP contribution in [0.1, 0.15) is 22.9 Å². The summed E-state index contributed by atoms with van der Waals surface area (Å²) >= 11 is 7.11. The standard InChI is InChI=1S/C21H15Br2N3/c22-17-11-16(12-18(23)13-17)21-25-19(14-7-3-1-4-8-14)24-20(26-21)15-9-5-2-6-10-15/h1-13,21H,(H,24,25,26). The summed E-state index contributed by atoms with van der Waals surface area (Å²) in [5.74, 6) is 1.64. The minimum absolute atomic E-state index is 0.310. The van der Waals surface area contributed by atoms with E-state index in [1.54, 1.807) is 0 Å². The molecule has 1 heterocycles. The lowest BCUT2D eigenvalue weighted by Gasteiger charge is -2.22. The monoisotopic (exact) mass is 467 g/mol. The van der Waals surface area contributed by atoms with E-state index in [2.05, 4.69) is 49.3 Å². The lowest BCUT2D eigenvalue weighted by atomic mass is 10.1. The minimum Gasteiger partial charge on any atom is -0.324 e. The van der Waals surface area contributed by atoms with Crippen LogP contribution in [0.5, 0.6) is 0 Å². The molecule has 128 valence electrons. The van der Waals surface area contributed by atoms with Gasteiger partial charge in [0.1, 0.15) is 11.7 Å². The maximum absolute atomic E-state index is 4.86. The van der Waals surface area contributed by atoms with Crippen LogP contribution in [0, 0.1) is 0 Å². The molecule has 0 fully saturated rings. The topological polar surface area (TPSA) is 36.8 Å². The molecule has 1 aliphatic rings. The molecule has 4 rings (SSSR count). The largest absolute Gasteiger partial charge is 0.324 e. The van der Waals surface area contributed by atoms with Crippen molar-refractivity contribution in [3.05, 3.63) is 104 Å². The summed E-state index contributed by atoms with van der Waals surface area (Å²) < 4.78 is 1.99. The van der Waals surface area contributed by atoms with Crippen molar-refractivity contribution in [2.75, 3.05) is 0 Å². The molecule has 5 heteroatoms. The first-order valence-corrected chi connectivity index (χ1v) is 9.77. The van der Waals surface area contributed by atoms with Crippen LogP contribution in [-0.2, 0) is 0 Å². The molecule has 3 aromatic rings. The Morgan fingerprint density at radius 1 is 0.654 bits per heavy atom. The second-order valence-corrected chi connectivity index (χ2v) is 7.72. The lowest BCUT2D eigenvalue weighted by Crippen LogP contribution is -2.35. The number of benzene rings is 3. The first-order valence-electron chi connectivity index (χ1n) is 8.18. The second-order valence-electron chi connectivity index (χ2n) is 5.89. The van der Waals surface area contributed by atoms with Crippen LogP contribution in [-0.4, -0.2) is 11.7 Å². The number of rotatable bonds is 3. The van der Waals surface area contributed by atoms with Crippen LogP contribution in [0.3, 0.4) is 0 Å². The smallest absolute Gasteiger partial charge is 0.169 e. The van der Waals surface area contributed by atoms with E-state index in [1.807, 2.05) is 66.7 Å². The number of nitrogens with zero attached hydrogens (tertiary/aromatic N) is 2.